The van der Waals surface area contributed by atoms with Crippen molar-refractivity contribution in [1.82, 2.24) is 9.88 Å². The number of pyridine rings is 1. The molecule has 1 fully saturated rings. The molecular formula is C16H15BrFN3O. The lowest BCUT2D eigenvalue weighted by Crippen LogP contribution is -2.49. The van der Waals surface area contributed by atoms with Crippen molar-refractivity contribution >= 4 is 27.7 Å². The molecule has 1 aromatic heterocycles. The van der Waals surface area contributed by atoms with Gasteiger partial charge in [-0.1, -0.05) is 6.07 Å². The number of benzene rings is 1. The first kappa shape index (κ1) is 15.0. The number of halogens is 2. The monoisotopic (exact) mass is 363 g/mol. The summed E-state index contributed by atoms with van der Waals surface area (Å²) >= 11 is 3.25. The smallest absolute Gasteiger partial charge is 0.255 e. The third-order valence-electron chi connectivity index (χ3n) is 3.70. The van der Waals surface area contributed by atoms with E-state index in [2.05, 4.69) is 25.8 Å². The molecular weight excluding hydrogens is 349 g/mol. The number of carbonyl (C=O) groups is 1. The number of carbonyl (C=O) groups excluding carboxylic acids is 1. The van der Waals surface area contributed by atoms with E-state index in [1.54, 1.807) is 11.1 Å². The van der Waals surface area contributed by atoms with Crippen LogP contribution in [-0.2, 0) is 0 Å². The van der Waals surface area contributed by atoms with Crippen LogP contribution in [0.25, 0.3) is 0 Å². The first-order chi connectivity index (χ1) is 10.6. The van der Waals surface area contributed by atoms with Crippen molar-refractivity contribution in [3.8, 4) is 0 Å². The van der Waals surface area contributed by atoms with Crippen molar-refractivity contribution in [3.63, 3.8) is 0 Å². The second-order valence-corrected chi connectivity index (χ2v) is 5.95. The summed E-state index contributed by atoms with van der Waals surface area (Å²) < 4.78 is 13.6. The quantitative estimate of drug-likeness (QED) is 0.822. The zero-order chi connectivity index (χ0) is 15.5. The molecule has 2 heterocycles. The molecule has 0 radical (unpaired) electrons. The van der Waals surface area contributed by atoms with E-state index in [-0.39, 0.29) is 11.7 Å². The highest BCUT2D eigenvalue weighted by atomic mass is 79.9. The van der Waals surface area contributed by atoms with Crippen LogP contribution in [0.5, 0.6) is 0 Å². The highest BCUT2D eigenvalue weighted by Gasteiger charge is 2.24. The van der Waals surface area contributed by atoms with Gasteiger partial charge in [0.15, 0.2) is 0 Å². The van der Waals surface area contributed by atoms with Gasteiger partial charge in [0.2, 0.25) is 0 Å². The molecule has 114 valence electrons. The standard InChI is InChI=1S/C16H15BrFN3O/c17-14-11-12(18)4-5-13(14)16(22)21-9-7-20(8-10-21)15-3-1-2-6-19-15/h1-6,11H,7-10H2. The minimum atomic E-state index is -0.358. The highest BCUT2D eigenvalue weighted by Crippen LogP contribution is 2.21. The minimum Gasteiger partial charge on any atom is -0.353 e. The van der Waals surface area contributed by atoms with E-state index < -0.39 is 0 Å². The molecule has 1 aliphatic heterocycles. The van der Waals surface area contributed by atoms with Crippen molar-refractivity contribution in [2.75, 3.05) is 31.1 Å². The lowest BCUT2D eigenvalue weighted by Gasteiger charge is -2.35. The number of nitrogens with zero attached hydrogens (tertiary/aromatic N) is 3. The van der Waals surface area contributed by atoms with Crippen LogP contribution in [0.1, 0.15) is 10.4 Å². The number of hydrogen-bond acceptors (Lipinski definition) is 3. The molecule has 1 amide bonds. The Kier molecular flexibility index (Phi) is 4.38. The van der Waals surface area contributed by atoms with Crippen molar-refractivity contribution in [2.45, 2.75) is 0 Å². The number of anilines is 1. The van der Waals surface area contributed by atoms with Crippen molar-refractivity contribution in [3.05, 3.63) is 58.4 Å². The average molecular weight is 364 g/mol. The van der Waals surface area contributed by atoms with Gasteiger partial charge in [-0.15, -0.1) is 0 Å². The van der Waals surface area contributed by atoms with E-state index >= 15 is 0 Å². The summed E-state index contributed by atoms with van der Waals surface area (Å²) in [6.45, 7) is 2.72. The maximum Gasteiger partial charge on any atom is 0.255 e. The molecule has 4 nitrogen and oxygen atoms in total. The first-order valence-corrected chi connectivity index (χ1v) is 7.85. The molecule has 6 heteroatoms. The van der Waals surface area contributed by atoms with E-state index in [0.29, 0.717) is 23.1 Å². The Bertz CT molecular complexity index is 672. The maximum atomic E-state index is 13.1. The average Bonchev–Trinajstić information content (AvgIpc) is 2.55. The zero-order valence-electron chi connectivity index (χ0n) is 11.9. The summed E-state index contributed by atoms with van der Waals surface area (Å²) in [7, 11) is 0. The fourth-order valence-electron chi connectivity index (χ4n) is 2.51. The van der Waals surface area contributed by atoms with Gasteiger partial charge in [0.25, 0.3) is 5.91 Å². The Balaban J connectivity index is 1.67. The Labute approximate surface area is 136 Å². The summed E-state index contributed by atoms with van der Waals surface area (Å²) in [4.78, 5) is 20.8. The summed E-state index contributed by atoms with van der Waals surface area (Å²) in [6.07, 6.45) is 1.77. The first-order valence-electron chi connectivity index (χ1n) is 7.05. The molecule has 0 aliphatic carbocycles. The number of amides is 1. The van der Waals surface area contributed by atoms with Crippen LogP contribution in [-0.4, -0.2) is 42.0 Å². The normalized spacial score (nSPS) is 15.0. The largest absolute Gasteiger partial charge is 0.353 e. The SMILES string of the molecule is O=C(c1ccc(F)cc1Br)N1CCN(c2ccccn2)CC1. The van der Waals surface area contributed by atoms with E-state index in [1.165, 1.54) is 18.2 Å². The predicted octanol–water partition coefficient (Wildman–Crippen LogP) is 2.95. The van der Waals surface area contributed by atoms with Crippen LogP contribution in [0.15, 0.2) is 47.1 Å². The fourth-order valence-corrected chi connectivity index (χ4v) is 3.03. The summed E-state index contributed by atoms with van der Waals surface area (Å²) in [5.41, 5.74) is 0.493. The molecule has 0 bridgehead atoms. The zero-order valence-corrected chi connectivity index (χ0v) is 13.5. The number of hydrogen-bond donors (Lipinski definition) is 0. The van der Waals surface area contributed by atoms with Crippen molar-refractivity contribution in [1.29, 1.82) is 0 Å². The Morgan fingerprint density at radius 2 is 1.91 bits per heavy atom. The third-order valence-corrected chi connectivity index (χ3v) is 4.36. The van der Waals surface area contributed by atoms with Crippen LogP contribution >= 0.6 is 15.9 Å². The Morgan fingerprint density at radius 1 is 1.14 bits per heavy atom. The summed E-state index contributed by atoms with van der Waals surface area (Å²) in [6, 6.07) is 9.95. The van der Waals surface area contributed by atoms with E-state index in [1.807, 2.05) is 18.2 Å². The molecule has 0 unspecified atom stereocenters. The molecule has 1 aliphatic rings. The highest BCUT2D eigenvalue weighted by molar-refractivity contribution is 9.10. The molecule has 1 saturated heterocycles. The number of rotatable bonds is 2. The van der Waals surface area contributed by atoms with E-state index in [4.69, 9.17) is 0 Å². The van der Waals surface area contributed by atoms with Gasteiger partial charge in [-0.25, -0.2) is 9.37 Å². The minimum absolute atomic E-state index is 0.0763. The summed E-state index contributed by atoms with van der Waals surface area (Å²) in [5.74, 6) is 0.494. The van der Waals surface area contributed by atoms with Crippen molar-refractivity contribution in [2.24, 2.45) is 0 Å². The molecule has 0 spiro atoms. The Hall–Kier alpha value is -1.95. The van der Waals surface area contributed by atoms with Crippen LogP contribution in [0.4, 0.5) is 10.2 Å². The Morgan fingerprint density at radius 3 is 2.55 bits per heavy atom. The van der Waals surface area contributed by atoms with Gasteiger partial charge in [0.1, 0.15) is 11.6 Å². The van der Waals surface area contributed by atoms with Gasteiger partial charge in [0, 0.05) is 36.8 Å². The van der Waals surface area contributed by atoms with Gasteiger partial charge in [0.05, 0.1) is 5.56 Å². The van der Waals surface area contributed by atoms with Crippen LogP contribution < -0.4 is 4.90 Å². The molecule has 1 aromatic carbocycles. The molecule has 2 aromatic rings. The second-order valence-electron chi connectivity index (χ2n) is 5.09. The predicted molar refractivity (Wildman–Crippen MR) is 86.5 cm³/mol. The lowest BCUT2D eigenvalue weighted by molar-refractivity contribution is 0.0745. The van der Waals surface area contributed by atoms with Crippen molar-refractivity contribution < 1.29 is 9.18 Å². The maximum absolute atomic E-state index is 13.1. The molecule has 3 rings (SSSR count). The lowest BCUT2D eigenvalue weighted by atomic mass is 10.1. The summed E-state index contributed by atoms with van der Waals surface area (Å²) in [5, 5.41) is 0. The van der Waals surface area contributed by atoms with Gasteiger partial charge in [-0.05, 0) is 46.3 Å². The second kappa shape index (κ2) is 6.44. The number of aromatic nitrogens is 1. The fraction of sp³-hybridized carbons (Fsp3) is 0.250. The topological polar surface area (TPSA) is 36.4 Å². The van der Waals surface area contributed by atoms with Gasteiger partial charge < -0.3 is 9.80 Å². The van der Waals surface area contributed by atoms with E-state index in [9.17, 15) is 9.18 Å². The van der Waals surface area contributed by atoms with Crippen LogP contribution in [0.2, 0.25) is 0 Å². The van der Waals surface area contributed by atoms with Gasteiger partial charge in [-0.2, -0.15) is 0 Å². The molecule has 22 heavy (non-hydrogen) atoms. The van der Waals surface area contributed by atoms with Crippen LogP contribution in [0, 0.1) is 5.82 Å². The van der Waals surface area contributed by atoms with Gasteiger partial charge >= 0.3 is 0 Å². The van der Waals surface area contributed by atoms with Gasteiger partial charge in [-0.3, -0.25) is 4.79 Å². The molecule has 0 N–H and O–H groups in total. The third kappa shape index (κ3) is 3.11. The van der Waals surface area contributed by atoms with E-state index in [0.717, 1.165) is 18.9 Å². The van der Waals surface area contributed by atoms with Crippen LogP contribution in [0.3, 0.4) is 0 Å². The number of piperazine rings is 1. The molecule has 0 atom stereocenters. The molecule has 0 saturated carbocycles.